The number of nitrogens with zero attached hydrogens (tertiary/aromatic N) is 2. The summed E-state index contributed by atoms with van der Waals surface area (Å²) in [6.45, 7) is 1.93. The van der Waals surface area contributed by atoms with E-state index in [1.807, 2.05) is 24.4 Å². The number of anilines is 1. The van der Waals surface area contributed by atoms with E-state index in [1.54, 1.807) is 0 Å². The fourth-order valence-corrected chi connectivity index (χ4v) is 2.89. The average molecular weight is 270 g/mol. The topological polar surface area (TPSA) is 85.2 Å². The smallest absolute Gasteiger partial charge is 0.222 e. The molecular formula is C15H18N4O. The summed E-state index contributed by atoms with van der Waals surface area (Å²) in [5.41, 5.74) is 14.3. The zero-order chi connectivity index (χ0) is 14.1. The van der Waals surface area contributed by atoms with E-state index in [4.69, 9.17) is 11.5 Å². The minimum absolute atomic E-state index is 0.0763. The van der Waals surface area contributed by atoms with Gasteiger partial charge < -0.3 is 16.4 Å². The minimum Gasteiger partial charge on any atom is -0.370 e. The molecule has 1 saturated heterocycles. The molecule has 1 fully saturated rings. The van der Waals surface area contributed by atoms with Crippen molar-refractivity contribution < 1.29 is 4.79 Å². The van der Waals surface area contributed by atoms with Crippen LogP contribution in [0.4, 0.5) is 5.69 Å². The molecule has 2 heterocycles. The molecule has 5 heteroatoms. The van der Waals surface area contributed by atoms with Crippen LogP contribution in [0.25, 0.3) is 10.9 Å². The van der Waals surface area contributed by atoms with Gasteiger partial charge in [-0.25, -0.2) is 0 Å². The first-order chi connectivity index (χ1) is 9.70. The Kier molecular flexibility index (Phi) is 3.28. The number of amides is 1. The molecule has 20 heavy (non-hydrogen) atoms. The third-order valence-corrected chi connectivity index (χ3v) is 3.95. The van der Waals surface area contributed by atoms with Crippen LogP contribution < -0.4 is 16.4 Å². The second-order valence-electron chi connectivity index (χ2n) is 5.19. The van der Waals surface area contributed by atoms with Gasteiger partial charge in [0.15, 0.2) is 0 Å². The highest BCUT2D eigenvalue weighted by Crippen LogP contribution is 2.33. The lowest BCUT2D eigenvalue weighted by atomic mass is 10.1. The number of para-hydroxylation sites is 1. The van der Waals surface area contributed by atoms with Crippen molar-refractivity contribution in [2.45, 2.75) is 13.0 Å². The summed E-state index contributed by atoms with van der Waals surface area (Å²) in [4.78, 5) is 18.0. The summed E-state index contributed by atoms with van der Waals surface area (Å²) in [7, 11) is 0. The van der Waals surface area contributed by atoms with E-state index in [1.165, 1.54) is 0 Å². The van der Waals surface area contributed by atoms with Gasteiger partial charge in [-0.15, -0.1) is 0 Å². The standard InChI is InChI=1S/C15H18N4O/c16-7-11-8-18-13-4-2-1-3-12(13)14(11)19-6-5-10(9-19)15(17)20/h1-4,8,10H,5-7,9,16H2,(H2,17,20). The highest BCUT2D eigenvalue weighted by atomic mass is 16.1. The number of primary amides is 1. The summed E-state index contributed by atoms with van der Waals surface area (Å²) < 4.78 is 0. The van der Waals surface area contributed by atoms with E-state index in [-0.39, 0.29) is 11.8 Å². The predicted molar refractivity (Wildman–Crippen MR) is 79.1 cm³/mol. The third-order valence-electron chi connectivity index (χ3n) is 3.95. The Morgan fingerprint density at radius 1 is 1.40 bits per heavy atom. The highest BCUT2D eigenvalue weighted by Gasteiger charge is 2.28. The SMILES string of the molecule is NCc1cnc2ccccc2c1N1CCC(C(N)=O)C1. The number of hydrogen-bond acceptors (Lipinski definition) is 4. The maximum absolute atomic E-state index is 11.4. The lowest BCUT2D eigenvalue weighted by Gasteiger charge is -2.23. The van der Waals surface area contributed by atoms with Crippen molar-refractivity contribution in [2.75, 3.05) is 18.0 Å². The van der Waals surface area contributed by atoms with Crippen LogP contribution in [0.5, 0.6) is 0 Å². The Morgan fingerprint density at radius 3 is 2.90 bits per heavy atom. The Hall–Kier alpha value is -2.14. The van der Waals surface area contributed by atoms with Gasteiger partial charge in [0.2, 0.25) is 5.91 Å². The first-order valence-corrected chi connectivity index (χ1v) is 6.81. The number of benzene rings is 1. The average Bonchev–Trinajstić information content (AvgIpc) is 2.95. The Morgan fingerprint density at radius 2 is 2.20 bits per heavy atom. The molecule has 4 N–H and O–H groups in total. The molecule has 1 aromatic carbocycles. The maximum atomic E-state index is 11.4. The van der Waals surface area contributed by atoms with Crippen LogP contribution in [0.3, 0.4) is 0 Å². The van der Waals surface area contributed by atoms with Crippen LogP contribution in [-0.2, 0) is 11.3 Å². The third kappa shape index (κ3) is 2.10. The fraction of sp³-hybridized carbons (Fsp3) is 0.333. The molecule has 5 nitrogen and oxygen atoms in total. The summed E-state index contributed by atoms with van der Waals surface area (Å²) in [5, 5.41) is 1.08. The predicted octanol–water partition coefficient (Wildman–Crippen LogP) is 1.01. The zero-order valence-electron chi connectivity index (χ0n) is 11.2. The summed E-state index contributed by atoms with van der Waals surface area (Å²) in [5.74, 6) is -0.298. The van der Waals surface area contributed by atoms with Gasteiger partial charge >= 0.3 is 0 Å². The maximum Gasteiger partial charge on any atom is 0.222 e. The quantitative estimate of drug-likeness (QED) is 0.871. The highest BCUT2D eigenvalue weighted by molar-refractivity contribution is 5.93. The number of fused-ring (bicyclic) bond motifs is 1. The number of carbonyl (C=O) groups is 1. The summed E-state index contributed by atoms with van der Waals surface area (Å²) in [6, 6.07) is 8.00. The van der Waals surface area contributed by atoms with Gasteiger partial charge in [-0.3, -0.25) is 9.78 Å². The largest absolute Gasteiger partial charge is 0.370 e. The van der Waals surface area contributed by atoms with Crippen LogP contribution in [0.15, 0.2) is 30.5 Å². The molecule has 1 unspecified atom stereocenters. The van der Waals surface area contributed by atoms with Crippen molar-refractivity contribution in [3.05, 3.63) is 36.0 Å². The van der Waals surface area contributed by atoms with E-state index in [9.17, 15) is 4.79 Å². The van der Waals surface area contributed by atoms with Gasteiger partial charge in [0.05, 0.1) is 17.1 Å². The Balaban J connectivity index is 2.08. The summed E-state index contributed by atoms with van der Waals surface area (Å²) >= 11 is 0. The lowest BCUT2D eigenvalue weighted by molar-refractivity contribution is -0.121. The minimum atomic E-state index is -0.222. The first kappa shape index (κ1) is 12.9. The molecule has 3 rings (SSSR count). The van der Waals surface area contributed by atoms with Crippen molar-refractivity contribution in [1.82, 2.24) is 4.98 Å². The van der Waals surface area contributed by atoms with Crippen molar-refractivity contribution >= 4 is 22.5 Å². The molecule has 0 radical (unpaired) electrons. The second kappa shape index (κ2) is 5.09. The molecule has 0 bridgehead atoms. The van der Waals surface area contributed by atoms with Crippen LogP contribution in [0.2, 0.25) is 0 Å². The molecule has 1 aromatic heterocycles. The van der Waals surface area contributed by atoms with Crippen LogP contribution in [0.1, 0.15) is 12.0 Å². The van der Waals surface area contributed by atoms with Gasteiger partial charge in [-0.05, 0) is 12.5 Å². The monoisotopic (exact) mass is 270 g/mol. The normalized spacial score (nSPS) is 18.6. The van der Waals surface area contributed by atoms with Crippen molar-refractivity contribution in [3.63, 3.8) is 0 Å². The van der Waals surface area contributed by atoms with Crippen LogP contribution >= 0.6 is 0 Å². The zero-order valence-corrected chi connectivity index (χ0v) is 11.2. The lowest BCUT2D eigenvalue weighted by Crippen LogP contribution is -2.28. The van der Waals surface area contributed by atoms with Gasteiger partial charge in [-0.1, -0.05) is 18.2 Å². The van der Waals surface area contributed by atoms with E-state index < -0.39 is 0 Å². The van der Waals surface area contributed by atoms with Crippen LogP contribution in [-0.4, -0.2) is 24.0 Å². The number of carbonyl (C=O) groups excluding carboxylic acids is 1. The first-order valence-electron chi connectivity index (χ1n) is 6.81. The number of pyridine rings is 1. The van der Waals surface area contributed by atoms with E-state index >= 15 is 0 Å². The van der Waals surface area contributed by atoms with Crippen LogP contribution in [0, 0.1) is 5.92 Å². The second-order valence-corrected chi connectivity index (χ2v) is 5.19. The number of hydrogen-bond donors (Lipinski definition) is 2. The molecule has 0 saturated carbocycles. The molecule has 1 aliphatic rings. The fourth-order valence-electron chi connectivity index (χ4n) is 2.89. The van der Waals surface area contributed by atoms with Crippen molar-refractivity contribution in [1.29, 1.82) is 0 Å². The number of rotatable bonds is 3. The molecule has 104 valence electrons. The number of aromatic nitrogens is 1. The van der Waals surface area contributed by atoms with Gasteiger partial charge in [-0.2, -0.15) is 0 Å². The van der Waals surface area contributed by atoms with E-state index in [2.05, 4.69) is 16.0 Å². The Bertz CT molecular complexity index is 655. The molecular weight excluding hydrogens is 252 g/mol. The van der Waals surface area contributed by atoms with Gasteiger partial charge in [0.25, 0.3) is 0 Å². The molecule has 1 aliphatic heterocycles. The Labute approximate surface area is 117 Å². The van der Waals surface area contributed by atoms with Crippen molar-refractivity contribution in [2.24, 2.45) is 17.4 Å². The van der Waals surface area contributed by atoms with Gasteiger partial charge in [0.1, 0.15) is 0 Å². The summed E-state index contributed by atoms with van der Waals surface area (Å²) in [6.07, 6.45) is 2.63. The number of nitrogens with two attached hydrogens (primary N) is 2. The molecule has 0 spiro atoms. The molecule has 1 atom stereocenters. The van der Waals surface area contributed by atoms with Crippen molar-refractivity contribution in [3.8, 4) is 0 Å². The van der Waals surface area contributed by atoms with E-state index in [0.29, 0.717) is 13.1 Å². The molecule has 2 aromatic rings. The van der Waals surface area contributed by atoms with Gasteiger partial charge in [0, 0.05) is 36.8 Å². The molecule has 0 aliphatic carbocycles. The molecule has 1 amide bonds. The van der Waals surface area contributed by atoms with E-state index in [0.717, 1.165) is 35.1 Å².